The minimum atomic E-state index is -1.69. The number of phenols is 2. The lowest BCUT2D eigenvalue weighted by atomic mass is 9.91. The third kappa shape index (κ3) is 5.28. The van der Waals surface area contributed by atoms with E-state index in [-0.39, 0.29) is 22.8 Å². The highest BCUT2D eigenvalue weighted by Gasteiger charge is 2.45. The standard InChI is InChI=1S/C26H30O11/c1-11(2)3-4-12-7-13(5-6-15(12)28)25-23(33)21(31)19-16(29)8-14(9-17(19)36-25)35-26-24(34)22(32)20(30)18(10-27)37-26/h3,5-9,18,20,22-30,32-34H,4,10H2,1-2H3. The Kier molecular flexibility index (Phi) is 7.74. The number of phenolic OH excluding ortho intramolecular Hbond substituents is 2. The van der Waals surface area contributed by atoms with Gasteiger partial charge in [-0.2, -0.15) is 0 Å². The number of aliphatic hydroxyl groups is 5. The predicted octanol–water partition coefficient (Wildman–Crippen LogP) is 0.462. The molecule has 1 saturated heterocycles. The SMILES string of the molecule is CC(C)=CCc1cc(C2Oc3cc(OC4OC(CO)C(O)C(O)C4O)cc(O)c3C(=O)C2O)ccc1O. The van der Waals surface area contributed by atoms with Crippen molar-refractivity contribution in [3.8, 4) is 23.0 Å². The normalized spacial score (nSPS) is 29.3. The monoisotopic (exact) mass is 518 g/mol. The summed E-state index contributed by atoms with van der Waals surface area (Å²) in [6.45, 7) is 3.18. The fourth-order valence-corrected chi connectivity index (χ4v) is 4.28. The minimum absolute atomic E-state index is 0.0473. The van der Waals surface area contributed by atoms with Crippen LogP contribution in [-0.2, 0) is 11.2 Å². The molecule has 0 spiro atoms. The summed E-state index contributed by atoms with van der Waals surface area (Å²) in [6.07, 6.45) is -8.13. The number of Topliss-reactive ketones (excluding diaryl/α,β-unsaturated/α-hetero) is 1. The van der Waals surface area contributed by atoms with Crippen LogP contribution in [0.5, 0.6) is 23.0 Å². The Labute approximate surface area is 212 Å². The van der Waals surface area contributed by atoms with Crippen LogP contribution < -0.4 is 9.47 Å². The number of aromatic hydroxyl groups is 2. The first-order valence-electron chi connectivity index (χ1n) is 11.7. The lowest BCUT2D eigenvalue weighted by molar-refractivity contribution is -0.277. The maximum absolute atomic E-state index is 13.0. The minimum Gasteiger partial charge on any atom is -0.508 e. The molecular formula is C26H30O11. The van der Waals surface area contributed by atoms with Crippen molar-refractivity contribution in [1.82, 2.24) is 0 Å². The van der Waals surface area contributed by atoms with E-state index in [0.29, 0.717) is 17.5 Å². The van der Waals surface area contributed by atoms with Gasteiger partial charge in [0.25, 0.3) is 0 Å². The second-order valence-corrected chi connectivity index (χ2v) is 9.35. The van der Waals surface area contributed by atoms with E-state index in [1.807, 2.05) is 19.9 Å². The Balaban J connectivity index is 1.63. The molecule has 0 amide bonds. The van der Waals surface area contributed by atoms with Gasteiger partial charge in [-0.3, -0.25) is 4.79 Å². The molecule has 1 fully saturated rings. The quantitative estimate of drug-likeness (QED) is 0.263. The molecule has 2 aromatic carbocycles. The van der Waals surface area contributed by atoms with Crippen molar-refractivity contribution < 1.29 is 54.8 Å². The Bertz CT molecular complexity index is 1190. The Hall–Kier alpha value is -3.19. The molecule has 37 heavy (non-hydrogen) atoms. The van der Waals surface area contributed by atoms with Crippen molar-refractivity contribution in [3.63, 3.8) is 0 Å². The number of hydrogen-bond acceptors (Lipinski definition) is 11. The molecule has 11 heteroatoms. The van der Waals surface area contributed by atoms with E-state index in [2.05, 4.69) is 0 Å². The van der Waals surface area contributed by atoms with Gasteiger partial charge in [0, 0.05) is 12.1 Å². The Morgan fingerprint density at radius 1 is 1.00 bits per heavy atom. The van der Waals surface area contributed by atoms with E-state index in [0.717, 1.165) is 11.6 Å². The molecule has 2 aliphatic heterocycles. The number of fused-ring (bicyclic) bond motifs is 1. The number of rotatable bonds is 6. The maximum atomic E-state index is 13.0. The van der Waals surface area contributed by atoms with Crippen molar-refractivity contribution >= 4 is 5.78 Å². The molecule has 0 saturated carbocycles. The zero-order chi connectivity index (χ0) is 27.0. The van der Waals surface area contributed by atoms with Crippen molar-refractivity contribution in [3.05, 3.63) is 58.7 Å². The molecule has 7 N–H and O–H groups in total. The van der Waals surface area contributed by atoms with E-state index in [4.69, 9.17) is 14.2 Å². The smallest absolute Gasteiger partial charge is 0.229 e. The average Bonchev–Trinajstić information content (AvgIpc) is 2.85. The van der Waals surface area contributed by atoms with Gasteiger partial charge in [0.1, 0.15) is 53.0 Å². The van der Waals surface area contributed by atoms with Gasteiger partial charge < -0.3 is 50.0 Å². The van der Waals surface area contributed by atoms with Gasteiger partial charge in [0.2, 0.25) is 12.1 Å². The van der Waals surface area contributed by atoms with Gasteiger partial charge in [0.15, 0.2) is 12.2 Å². The average molecular weight is 519 g/mol. The van der Waals surface area contributed by atoms with E-state index >= 15 is 0 Å². The van der Waals surface area contributed by atoms with Crippen molar-refractivity contribution in [2.24, 2.45) is 0 Å². The van der Waals surface area contributed by atoms with Crippen LogP contribution in [0.25, 0.3) is 0 Å². The number of carbonyl (C=O) groups excluding carboxylic acids is 1. The molecule has 0 radical (unpaired) electrons. The summed E-state index contributed by atoms with van der Waals surface area (Å²) in [5, 5.41) is 71.0. The van der Waals surface area contributed by atoms with Crippen LogP contribution in [0.3, 0.4) is 0 Å². The van der Waals surface area contributed by atoms with Crippen LogP contribution in [0.2, 0.25) is 0 Å². The second kappa shape index (κ2) is 10.7. The lowest BCUT2D eigenvalue weighted by Crippen LogP contribution is -2.60. The summed E-state index contributed by atoms with van der Waals surface area (Å²) in [5.74, 6) is -1.53. The summed E-state index contributed by atoms with van der Waals surface area (Å²) in [5.41, 5.74) is 1.76. The molecule has 0 aliphatic carbocycles. The number of allylic oxidation sites excluding steroid dienone is 2. The molecule has 7 unspecified atom stereocenters. The van der Waals surface area contributed by atoms with Gasteiger partial charge in [-0.05, 0) is 43.5 Å². The zero-order valence-corrected chi connectivity index (χ0v) is 20.2. The van der Waals surface area contributed by atoms with Crippen LogP contribution in [0.15, 0.2) is 42.0 Å². The van der Waals surface area contributed by atoms with Gasteiger partial charge >= 0.3 is 0 Å². The van der Waals surface area contributed by atoms with Crippen molar-refractivity contribution in [2.45, 2.75) is 63.2 Å². The number of benzene rings is 2. The maximum Gasteiger partial charge on any atom is 0.229 e. The lowest BCUT2D eigenvalue weighted by Gasteiger charge is -2.39. The molecule has 7 atom stereocenters. The number of ketones is 1. The Morgan fingerprint density at radius 3 is 2.41 bits per heavy atom. The first-order chi connectivity index (χ1) is 17.5. The highest BCUT2D eigenvalue weighted by molar-refractivity contribution is 6.05. The molecule has 4 rings (SSSR count). The van der Waals surface area contributed by atoms with E-state index in [1.54, 1.807) is 6.07 Å². The van der Waals surface area contributed by atoms with Crippen LogP contribution in [0.1, 0.15) is 41.4 Å². The van der Waals surface area contributed by atoms with Crippen LogP contribution in [0.4, 0.5) is 0 Å². The summed E-state index contributed by atoms with van der Waals surface area (Å²) < 4.78 is 16.8. The van der Waals surface area contributed by atoms with Gasteiger partial charge in [-0.1, -0.05) is 17.7 Å². The summed E-state index contributed by atoms with van der Waals surface area (Å²) in [4.78, 5) is 13.0. The fourth-order valence-electron chi connectivity index (χ4n) is 4.28. The Morgan fingerprint density at radius 2 is 1.73 bits per heavy atom. The van der Waals surface area contributed by atoms with Gasteiger partial charge in [-0.15, -0.1) is 0 Å². The van der Waals surface area contributed by atoms with E-state index in [9.17, 15) is 40.5 Å². The van der Waals surface area contributed by atoms with Crippen LogP contribution >= 0.6 is 0 Å². The predicted molar refractivity (Wildman–Crippen MR) is 127 cm³/mol. The number of aliphatic hydroxyl groups excluding tert-OH is 5. The van der Waals surface area contributed by atoms with E-state index in [1.165, 1.54) is 18.2 Å². The van der Waals surface area contributed by atoms with Crippen molar-refractivity contribution in [2.75, 3.05) is 6.61 Å². The highest BCUT2D eigenvalue weighted by atomic mass is 16.7. The molecule has 2 aliphatic rings. The molecule has 2 heterocycles. The summed E-state index contributed by atoms with van der Waals surface area (Å²) in [6, 6.07) is 6.87. The molecule has 0 aromatic heterocycles. The van der Waals surface area contributed by atoms with Crippen molar-refractivity contribution in [1.29, 1.82) is 0 Å². The number of hydrogen-bond donors (Lipinski definition) is 7. The first kappa shape index (κ1) is 26.9. The zero-order valence-electron chi connectivity index (χ0n) is 20.2. The second-order valence-electron chi connectivity index (χ2n) is 9.35. The first-order valence-corrected chi connectivity index (χ1v) is 11.7. The molecule has 0 bridgehead atoms. The third-order valence-electron chi connectivity index (χ3n) is 6.37. The van der Waals surface area contributed by atoms with Crippen LogP contribution in [0, 0.1) is 0 Å². The molecule has 11 nitrogen and oxygen atoms in total. The fraction of sp³-hybridized carbons (Fsp3) is 0.423. The summed E-state index contributed by atoms with van der Waals surface area (Å²) >= 11 is 0. The number of carbonyl (C=O) groups is 1. The molecule has 2 aromatic rings. The van der Waals surface area contributed by atoms with E-state index < -0.39 is 61.1 Å². The number of ether oxygens (including phenoxy) is 3. The summed E-state index contributed by atoms with van der Waals surface area (Å²) in [7, 11) is 0. The van der Waals surface area contributed by atoms with Crippen LogP contribution in [-0.4, -0.2) is 84.9 Å². The van der Waals surface area contributed by atoms with Gasteiger partial charge in [-0.25, -0.2) is 0 Å². The topological polar surface area (TPSA) is 186 Å². The third-order valence-corrected chi connectivity index (χ3v) is 6.37. The molecule has 200 valence electrons. The highest BCUT2D eigenvalue weighted by Crippen LogP contribution is 2.43. The molecular weight excluding hydrogens is 488 g/mol. The largest absolute Gasteiger partial charge is 0.508 e. The van der Waals surface area contributed by atoms with Gasteiger partial charge in [0.05, 0.1) is 6.61 Å².